The normalized spacial score (nSPS) is 9.75. The van der Waals surface area contributed by atoms with Crippen LogP contribution in [0.1, 0.15) is 19.3 Å². The summed E-state index contributed by atoms with van der Waals surface area (Å²) in [6.45, 7) is 3.43. The van der Waals surface area contributed by atoms with Crippen molar-refractivity contribution in [1.82, 2.24) is 10.6 Å². The number of unbranched alkanes of at least 4 members (excludes halogenated alkanes) is 1. The maximum atomic E-state index is 9.71. The Kier molecular flexibility index (Phi) is 9.86. The Morgan fingerprint density at radius 3 is 2.50 bits per heavy atom. The van der Waals surface area contributed by atoms with Gasteiger partial charge in [0.15, 0.2) is 0 Å². The van der Waals surface area contributed by atoms with Crippen molar-refractivity contribution in [3.05, 3.63) is 0 Å². The fraction of sp³-hybridized carbons (Fsp3) is 0.875. The van der Waals surface area contributed by atoms with Crippen LogP contribution in [0.3, 0.4) is 0 Å². The van der Waals surface area contributed by atoms with Crippen LogP contribution in [-0.2, 0) is 4.79 Å². The lowest BCUT2D eigenvalue weighted by molar-refractivity contribution is 0.536. The van der Waals surface area contributed by atoms with Crippen LogP contribution < -0.4 is 16.4 Å². The summed E-state index contributed by atoms with van der Waals surface area (Å²) in [5.74, 6) is 0. The van der Waals surface area contributed by atoms with Gasteiger partial charge in [-0.3, -0.25) is 4.79 Å². The van der Waals surface area contributed by atoms with Crippen molar-refractivity contribution in [1.29, 1.82) is 0 Å². The van der Waals surface area contributed by atoms with E-state index >= 15 is 0 Å². The van der Waals surface area contributed by atoms with Crippen molar-refractivity contribution in [2.75, 3.05) is 26.2 Å². The van der Waals surface area contributed by atoms with E-state index in [2.05, 4.69) is 10.6 Å². The van der Waals surface area contributed by atoms with Crippen LogP contribution >= 0.6 is 0 Å². The number of amides is 1. The van der Waals surface area contributed by atoms with E-state index in [0.717, 1.165) is 38.9 Å². The van der Waals surface area contributed by atoms with E-state index in [9.17, 15) is 4.79 Å². The van der Waals surface area contributed by atoms with E-state index in [4.69, 9.17) is 5.73 Å². The second-order valence-corrected chi connectivity index (χ2v) is 2.63. The number of nitrogens with one attached hydrogen (secondary N) is 2. The molecule has 0 bridgehead atoms. The minimum Gasteiger partial charge on any atom is -0.348 e. The van der Waals surface area contributed by atoms with Gasteiger partial charge in [0.25, 0.3) is 0 Å². The van der Waals surface area contributed by atoms with Crippen molar-refractivity contribution in [2.24, 2.45) is 5.73 Å². The Morgan fingerprint density at radius 2 is 1.83 bits per heavy atom. The molecule has 0 aromatic heterocycles. The molecule has 71 valence electrons. The molecule has 0 fully saturated rings. The molecule has 0 heterocycles. The largest absolute Gasteiger partial charge is 0.348 e. The van der Waals surface area contributed by atoms with Gasteiger partial charge in [0.2, 0.25) is 0 Å². The summed E-state index contributed by atoms with van der Waals surface area (Å²) in [6, 6.07) is 0. The van der Waals surface area contributed by atoms with Gasteiger partial charge in [-0.05, 0) is 38.9 Å². The van der Waals surface area contributed by atoms with Crippen molar-refractivity contribution < 1.29 is 4.79 Å². The zero-order valence-corrected chi connectivity index (χ0v) is 7.44. The number of rotatable bonds is 9. The SMILES string of the molecule is NCCCCNCCCN[C]=O. The Labute approximate surface area is 73.9 Å². The summed E-state index contributed by atoms with van der Waals surface area (Å²) in [5.41, 5.74) is 5.33. The molecule has 0 spiro atoms. The molecule has 4 heteroatoms. The Hall–Kier alpha value is -0.610. The molecule has 0 aliphatic heterocycles. The molecule has 0 rings (SSSR count). The first-order valence-electron chi connectivity index (χ1n) is 4.42. The molecule has 0 aliphatic rings. The van der Waals surface area contributed by atoms with Crippen LogP contribution in [0.5, 0.6) is 0 Å². The number of hydrogen-bond donors (Lipinski definition) is 3. The maximum Gasteiger partial charge on any atom is 0.309 e. The van der Waals surface area contributed by atoms with E-state index in [1.807, 2.05) is 0 Å². The highest BCUT2D eigenvalue weighted by molar-refractivity contribution is 5.46. The lowest BCUT2D eigenvalue weighted by atomic mass is 10.3. The highest BCUT2D eigenvalue weighted by Gasteiger charge is 1.87. The molecule has 4 N–H and O–H groups in total. The van der Waals surface area contributed by atoms with Crippen molar-refractivity contribution in [3.8, 4) is 0 Å². The first kappa shape index (κ1) is 11.4. The van der Waals surface area contributed by atoms with E-state index < -0.39 is 0 Å². The lowest BCUT2D eigenvalue weighted by Crippen LogP contribution is -2.22. The van der Waals surface area contributed by atoms with E-state index in [1.165, 1.54) is 0 Å². The predicted octanol–water partition coefficient (Wildman–Crippen LogP) is -0.638. The maximum absolute atomic E-state index is 9.71. The smallest absolute Gasteiger partial charge is 0.309 e. The molecular formula is C8H18N3O. The Balaban J connectivity index is 2.77. The zero-order chi connectivity index (χ0) is 9.07. The second-order valence-electron chi connectivity index (χ2n) is 2.63. The quantitative estimate of drug-likeness (QED) is 0.320. The number of nitrogens with two attached hydrogens (primary N) is 1. The van der Waals surface area contributed by atoms with Crippen LogP contribution in [0.4, 0.5) is 0 Å². The molecule has 12 heavy (non-hydrogen) atoms. The van der Waals surface area contributed by atoms with E-state index in [1.54, 1.807) is 6.41 Å². The fourth-order valence-corrected chi connectivity index (χ4v) is 0.872. The Morgan fingerprint density at radius 1 is 1.08 bits per heavy atom. The predicted molar refractivity (Wildman–Crippen MR) is 49.5 cm³/mol. The van der Waals surface area contributed by atoms with Gasteiger partial charge in [-0.1, -0.05) is 0 Å². The summed E-state index contributed by atoms with van der Waals surface area (Å²) in [4.78, 5) is 9.71. The summed E-state index contributed by atoms with van der Waals surface area (Å²) in [6.07, 6.45) is 4.80. The van der Waals surface area contributed by atoms with E-state index in [0.29, 0.717) is 6.54 Å². The topological polar surface area (TPSA) is 67.2 Å². The molecule has 0 aromatic carbocycles. The third-order valence-electron chi connectivity index (χ3n) is 1.54. The van der Waals surface area contributed by atoms with Crippen LogP contribution in [0.2, 0.25) is 0 Å². The summed E-state index contributed by atoms with van der Waals surface area (Å²) < 4.78 is 0. The van der Waals surface area contributed by atoms with Crippen LogP contribution in [0.15, 0.2) is 0 Å². The molecule has 0 aromatic rings. The van der Waals surface area contributed by atoms with Gasteiger partial charge in [-0.2, -0.15) is 0 Å². The molecule has 0 saturated carbocycles. The van der Waals surface area contributed by atoms with Crippen LogP contribution in [-0.4, -0.2) is 32.6 Å². The van der Waals surface area contributed by atoms with Gasteiger partial charge in [0.05, 0.1) is 0 Å². The number of hydrogen-bond acceptors (Lipinski definition) is 3. The van der Waals surface area contributed by atoms with Crippen molar-refractivity contribution in [2.45, 2.75) is 19.3 Å². The highest BCUT2D eigenvalue weighted by Crippen LogP contribution is 1.82. The lowest BCUT2D eigenvalue weighted by Gasteiger charge is -2.02. The minimum absolute atomic E-state index is 0.702. The van der Waals surface area contributed by atoms with Gasteiger partial charge in [-0.25, -0.2) is 0 Å². The summed E-state index contributed by atoms with van der Waals surface area (Å²) >= 11 is 0. The molecule has 0 aliphatic carbocycles. The van der Waals surface area contributed by atoms with Crippen molar-refractivity contribution in [3.63, 3.8) is 0 Å². The monoisotopic (exact) mass is 172 g/mol. The van der Waals surface area contributed by atoms with Gasteiger partial charge >= 0.3 is 6.41 Å². The van der Waals surface area contributed by atoms with Gasteiger partial charge < -0.3 is 16.4 Å². The van der Waals surface area contributed by atoms with Crippen LogP contribution in [0.25, 0.3) is 0 Å². The standard InChI is InChI=1S/C8H18N3O/c9-4-1-2-5-10-6-3-7-11-8-12/h10H,1-7,9H2,(H,11,12). The summed E-state index contributed by atoms with van der Waals surface area (Å²) in [7, 11) is 0. The third kappa shape index (κ3) is 9.39. The molecule has 0 atom stereocenters. The van der Waals surface area contributed by atoms with Gasteiger partial charge in [0, 0.05) is 6.54 Å². The first-order valence-corrected chi connectivity index (χ1v) is 4.42. The molecule has 0 saturated heterocycles. The molecule has 1 amide bonds. The third-order valence-corrected chi connectivity index (χ3v) is 1.54. The molecule has 0 unspecified atom stereocenters. The summed E-state index contributed by atoms with van der Waals surface area (Å²) in [5, 5.41) is 5.74. The minimum atomic E-state index is 0.702. The molecule has 4 nitrogen and oxygen atoms in total. The average molecular weight is 172 g/mol. The number of carbonyl (C=O) groups excluding carboxylic acids is 1. The van der Waals surface area contributed by atoms with Crippen LogP contribution in [0, 0.1) is 0 Å². The Bertz CT molecular complexity index is 98.3. The fourth-order valence-electron chi connectivity index (χ4n) is 0.872. The highest BCUT2D eigenvalue weighted by atomic mass is 16.1. The molecular weight excluding hydrogens is 154 g/mol. The first-order chi connectivity index (χ1) is 5.91. The van der Waals surface area contributed by atoms with Crippen molar-refractivity contribution >= 4 is 6.41 Å². The van der Waals surface area contributed by atoms with Gasteiger partial charge in [-0.15, -0.1) is 0 Å². The molecule has 1 radical (unpaired) electrons. The second kappa shape index (κ2) is 10.4. The van der Waals surface area contributed by atoms with E-state index in [-0.39, 0.29) is 0 Å². The van der Waals surface area contributed by atoms with Gasteiger partial charge in [0.1, 0.15) is 0 Å². The zero-order valence-electron chi connectivity index (χ0n) is 7.44. The average Bonchev–Trinajstić information content (AvgIpc) is 2.10.